The highest BCUT2D eigenvalue weighted by atomic mass is 35.5. The molecule has 2 fully saturated rings. The second kappa shape index (κ2) is 8.13. The number of nitrogens with two attached hydrogens (primary N) is 3. The molecule has 1 saturated carbocycles. The van der Waals surface area contributed by atoms with E-state index in [1.807, 2.05) is 18.2 Å². The van der Waals surface area contributed by atoms with E-state index in [0.29, 0.717) is 29.8 Å². The van der Waals surface area contributed by atoms with E-state index in [2.05, 4.69) is 25.9 Å². The smallest absolute Gasteiger partial charge is 0.154 e. The first-order valence-corrected chi connectivity index (χ1v) is 11.5. The SMILES string of the molecule is N=C(c1ccnc(N)c1Cl)c1ncc(N2CC[C@@H]3[C@H](C2)[C@@]3(CN)c2ccccc2Cl)nc1N. The van der Waals surface area contributed by atoms with Crippen molar-refractivity contribution < 1.29 is 0 Å². The summed E-state index contributed by atoms with van der Waals surface area (Å²) < 4.78 is 0. The lowest BCUT2D eigenvalue weighted by Gasteiger charge is -2.27. The first-order chi connectivity index (χ1) is 15.9. The molecule has 3 heterocycles. The molecule has 1 aliphatic heterocycles. The van der Waals surface area contributed by atoms with Crippen LogP contribution >= 0.6 is 23.2 Å². The summed E-state index contributed by atoms with van der Waals surface area (Å²) >= 11 is 12.8. The van der Waals surface area contributed by atoms with Gasteiger partial charge in [-0.25, -0.2) is 15.0 Å². The second-order valence-electron chi connectivity index (χ2n) is 8.57. The summed E-state index contributed by atoms with van der Waals surface area (Å²) in [4.78, 5) is 15.1. The fraction of sp³-hybridized carbons (Fsp3) is 0.304. The summed E-state index contributed by atoms with van der Waals surface area (Å²) in [6.45, 7) is 2.18. The van der Waals surface area contributed by atoms with Crippen LogP contribution in [0.1, 0.15) is 23.2 Å². The van der Waals surface area contributed by atoms with Crippen LogP contribution in [0, 0.1) is 17.2 Å². The van der Waals surface area contributed by atoms with Crippen molar-refractivity contribution in [3.05, 3.63) is 69.6 Å². The highest BCUT2D eigenvalue weighted by molar-refractivity contribution is 6.37. The molecule has 170 valence electrons. The second-order valence-corrected chi connectivity index (χ2v) is 9.35. The maximum absolute atomic E-state index is 8.50. The van der Waals surface area contributed by atoms with E-state index in [9.17, 15) is 0 Å². The van der Waals surface area contributed by atoms with Crippen molar-refractivity contribution in [1.29, 1.82) is 5.41 Å². The highest BCUT2D eigenvalue weighted by Gasteiger charge is 2.66. The summed E-state index contributed by atoms with van der Waals surface area (Å²) in [5.74, 6) is 1.88. The average Bonchev–Trinajstić information content (AvgIpc) is 3.48. The Morgan fingerprint density at radius 1 is 1.12 bits per heavy atom. The number of nitrogens with one attached hydrogen (secondary N) is 1. The number of anilines is 3. The molecule has 10 heteroatoms. The lowest BCUT2D eigenvalue weighted by Crippen LogP contribution is -2.33. The molecule has 0 bridgehead atoms. The van der Waals surface area contributed by atoms with Gasteiger partial charge < -0.3 is 22.1 Å². The van der Waals surface area contributed by atoms with Gasteiger partial charge in [-0.3, -0.25) is 5.41 Å². The molecular weight excluding hydrogens is 459 g/mol. The number of rotatable bonds is 5. The van der Waals surface area contributed by atoms with E-state index in [1.54, 1.807) is 12.3 Å². The Balaban J connectivity index is 1.39. The van der Waals surface area contributed by atoms with Crippen LogP contribution in [0.15, 0.2) is 42.7 Å². The molecule has 3 atom stereocenters. The zero-order chi connectivity index (χ0) is 23.3. The van der Waals surface area contributed by atoms with Crippen LogP contribution in [-0.4, -0.2) is 40.3 Å². The molecule has 8 nitrogen and oxygen atoms in total. The minimum absolute atomic E-state index is 0.0485. The Morgan fingerprint density at radius 3 is 2.64 bits per heavy atom. The summed E-state index contributed by atoms with van der Waals surface area (Å²) in [5.41, 5.74) is 20.0. The zero-order valence-corrected chi connectivity index (χ0v) is 19.3. The van der Waals surface area contributed by atoms with Gasteiger partial charge in [0.05, 0.1) is 16.9 Å². The maximum Gasteiger partial charge on any atom is 0.154 e. The number of hydrogen-bond donors (Lipinski definition) is 4. The normalized spacial score (nSPS) is 23.8. The summed E-state index contributed by atoms with van der Waals surface area (Å²) in [6.07, 6.45) is 4.13. The third-order valence-electron chi connectivity index (χ3n) is 7.07. The van der Waals surface area contributed by atoms with Gasteiger partial charge in [0.2, 0.25) is 0 Å². The number of piperidine rings is 1. The van der Waals surface area contributed by atoms with Crippen LogP contribution in [0.2, 0.25) is 10.0 Å². The first-order valence-electron chi connectivity index (χ1n) is 10.7. The van der Waals surface area contributed by atoms with Crippen molar-refractivity contribution in [3.63, 3.8) is 0 Å². The van der Waals surface area contributed by atoms with Crippen LogP contribution in [-0.2, 0) is 5.41 Å². The van der Waals surface area contributed by atoms with Crippen LogP contribution in [0.4, 0.5) is 17.5 Å². The van der Waals surface area contributed by atoms with Crippen LogP contribution in [0.3, 0.4) is 0 Å². The molecule has 5 rings (SSSR count). The standard InChI is InChI=1S/C23H24Cl2N8/c24-16-4-2-1-3-14(16)23(11-26)13-6-8-33(10-15(13)23)17-9-31-20(22(29)32-17)19(27)12-5-7-30-21(28)18(12)25/h1-5,7,9,13,15,27H,6,8,10-11,26H2,(H2,28,30)(H2,29,32)/t13-,15+,23-/m1/s1. The number of hydrogen-bond acceptors (Lipinski definition) is 8. The average molecular weight is 483 g/mol. The molecule has 1 saturated heterocycles. The third-order valence-corrected chi connectivity index (χ3v) is 7.80. The van der Waals surface area contributed by atoms with Crippen molar-refractivity contribution in [2.75, 3.05) is 36.0 Å². The van der Waals surface area contributed by atoms with Crippen LogP contribution in [0.25, 0.3) is 0 Å². The monoisotopic (exact) mass is 482 g/mol. The highest BCUT2D eigenvalue weighted by Crippen LogP contribution is 2.64. The number of nitrogens with zero attached hydrogens (tertiary/aromatic N) is 4. The molecule has 1 aliphatic carbocycles. The molecule has 0 radical (unpaired) electrons. The minimum Gasteiger partial charge on any atom is -0.382 e. The van der Waals surface area contributed by atoms with Gasteiger partial charge in [-0.15, -0.1) is 0 Å². The maximum atomic E-state index is 8.50. The zero-order valence-electron chi connectivity index (χ0n) is 17.8. The van der Waals surface area contributed by atoms with E-state index in [-0.39, 0.29) is 33.5 Å². The van der Waals surface area contributed by atoms with Gasteiger partial charge in [0, 0.05) is 41.8 Å². The summed E-state index contributed by atoms with van der Waals surface area (Å²) in [7, 11) is 0. The number of benzene rings is 1. The molecule has 0 amide bonds. The lowest BCUT2D eigenvalue weighted by molar-refractivity contribution is 0.545. The van der Waals surface area contributed by atoms with Crippen molar-refractivity contribution >= 4 is 46.4 Å². The van der Waals surface area contributed by atoms with Gasteiger partial charge in [-0.2, -0.15) is 0 Å². The molecule has 1 aromatic carbocycles. The Hall–Kier alpha value is -2.94. The summed E-state index contributed by atoms with van der Waals surface area (Å²) in [5, 5.41) is 9.47. The predicted molar refractivity (Wildman–Crippen MR) is 132 cm³/mol. The van der Waals surface area contributed by atoms with E-state index in [0.717, 1.165) is 30.1 Å². The predicted octanol–water partition coefficient (Wildman–Crippen LogP) is 3.11. The fourth-order valence-electron chi connectivity index (χ4n) is 5.36. The lowest BCUT2D eigenvalue weighted by atomic mass is 9.91. The Kier molecular flexibility index (Phi) is 5.39. The van der Waals surface area contributed by atoms with Gasteiger partial charge in [0.15, 0.2) is 5.82 Å². The van der Waals surface area contributed by atoms with Crippen LogP contribution in [0.5, 0.6) is 0 Å². The minimum atomic E-state index is -0.105. The Labute approximate surface area is 201 Å². The molecule has 2 aromatic heterocycles. The molecule has 2 aliphatic rings. The largest absolute Gasteiger partial charge is 0.382 e. The van der Waals surface area contributed by atoms with Crippen molar-refractivity contribution in [2.45, 2.75) is 11.8 Å². The van der Waals surface area contributed by atoms with Gasteiger partial charge in [-0.05, 0) is 36.0 Å². The Morgan fingerprint density at radius 2 is 1.91 bits per heavy atom. The van der Waals surface area contributed by atoms with Crippen molar-refractivity contribution in [2.24, 2.45) is 17.6 Å². The quantitative estimate of drug-likeness (QED) is 0.408. The summed E-state index contributed by atoms with van der Waals surface area (Å²) in [6, 6.07) is 9.59. The molecule has 0 spiro atoms. The molecule has 33 heavy (non-hydrogen) atoms. The van der Waals surface area contributed by atoms with E-state index in [4.69, 9.17) is 45.8 Å². The first kappa shape index (κ1) is 21.9. The van der Waals surface area contributed by atoms with E-state index in [1.165, 1.54) is 6.20 Å². The van der Waals surface area contributed by atoms with Crippen molar-refractivity contribution in [1.82, 2.24) is 15.0 Å². The number of halogens is 2. The van der Waals surface area contributed by atoms with E-state index >= 15 is 0 Å². The topological polar surface area (TPSA) is 144 Å². The van der Waals surface area contributed by atoms with Gasteiger partial charge >= 0.3 is 0 Å². The Bertz CT molecular complexity index is 1250. The number of aromatic nitrogens is 3. The van der Waals surface area contributed by atoms with Crippen LogP contribution < -0.4 is 22.1 Å². The van der Waals surface area contributed by atoms with Gasteiger partial charge in [0.1, 0.15) is 17.3 Å². The molecule has 7 N–H and O–H groups in total. The van der Waals surface area contributed by atoms with Crippen molar-refractivity contribution in [3.8, 4) is 0 Å². The molecule has 0 unspecified atom stereocenters. The number of pyridine rings is 1. The fourth-order valence-corrected chi connectivity index (χ4v) is 5.87. The molecular formula is C23H24Cl2N8. The number of nitrogen functional groups attached to an aromatic ring is 2. The third kappa shape index (κ3) is 3.40. The van der Waals surface area contributed by atoms with E-state index < -0.39 is 0 Å². The van der Waals surface area contributed by atoms with Gasteiger partial charge in [0.25, 0.3) is 0 Å². The van der Waals surface area contributed by atoms with Gasteiger partial charge in [-0.1, -0.05) is 41.4 Å². The number of fused-ring (bicyclic) bond motifs is 1. The molecule has 3 aromatic rings.